The summed E-state index contributed by atoms with van der Waals surface area (Å²) in [5, 5.41) is 4.15. The third-order valence-corrected chi connectivity index (χ3v) is 10.0. The van der Waals surface area contributed by atoms with Crippen molar-refractivity contribution >= 4 is 78.0 Å². The van der Waals surface area contributed by atoms with Crippen LogP contribution in [0, 0.1) is 13.1 Å². The fraction of sp³-hybridized carbons (Fsp3) is 0.0222. The highest BCUT2D eigenvalue weighted by Gasteiger charge is 2.54. The summed E-state index contributed by atoms with van der Waals surface area (Å²) in [4.78, 5) is 12.3. The molecule has 0 N–H and O–H groups in total. The van der Waals surface area contributed by atoms with Gasteiger partial charge in [0.2, 0.25) is 0 Å². The van der Waals surface area contributed by atoms with Crippen LogP contribution in [0.2, 0.25) is 0 Å². The van der Waals surface area contributed by atoms with Gasteiger partial charge in [0.15, 0.2) is 17.0 Å². The fourth-order valence-electron chi connectivity index (χ4n) is 7.92. The molecule has 0 atom stereocenters. The predicted octanol–water partition coefficient (Wildman–Crippen LogP) is 12.8. The van der Waals surface area contributed by atoms with Crippen molar-refractivity contribution in [3.8, 4) is 0 Å². The van der Waals surface area contributed by atoms with Crippen LogP contribution in [-0.4, -0.2) is 0 Å². The maximum absolute atomic E-state index is 8.10. The topological polar surface area (TPSA) is 41.5 Å². The molecule has 0 bridgehead atoms. The summed E-state index contributed by atoms with van der Waals surface area (Å²) >= 11 is 0. The zero-order valence-corrected chi connectivity index (χ0v) is 27.1. The van der Waals surface area contributed by atoms with Gasteiger partial charge in [-0.05, 0) is 48.5 Å². The van der Waals surface area contributed by atoms with Crippen LogP contribution in [-0.2, 0) is 5.66 Å². The van der Waals surface area contributed by atoms with E-state index in [0.29, 0.717) is 11.4 Å². The van der Waals surface area contributed by atoms with Gasteiger partial charge in [0.05, 0.1) is 24.5 Å². The van der Waals surface area contributed by atoms with Crippen LogP contribution in [0.4, 0.5) is 34.1 Å². The molecule has 9 aromatic rings. The second kappa shape index (κ2) is 10.9. The number of fused-ring (bicyclic) bond motifs is 7. The number of furan rings is 2. The number of para-hydroxylation sites is 2. The highest BCUT2D eigenvalue weighted by atomic mass is 16.3. The van der Waals surface area contributed by atoms with Crippen LogP contribution in [0.25, 0.3) is 53.6 Å². The largest absolute Gasteiger partial charge is 0.456 e. The number of hydrogen-bond donors (Lipinski definition) is 0. The Labute approximate surface area is 293 Å². The van der Waals surface area contributed by atoms with Gasteiger partial charge in [-0.1, -0.05) is 97.1 Å². The average Bonchev–Trinajstić information content (AvgIpc) is 3.85. The maximum Gasteiger partial charge on any atom is 0.196 e. The lowest BCUT2D eigenvalue weighted by Gasteiger charge is -2.47. The van der Waals surface area contributed by atoms with Crippen molar-refractivity contribution < 1.29 is 8.83 Å². The van der Waals surface area contributed by atoms with Gasteiger partial charge >= 0.3 is 0 Å². The predicted molar refractivity (Wildman–Crippen MR) is 204 cm³/mol. The number of hydrogen-bond acceptors (Lipinski definition) is 4. The van der Waals surface area contributed by atoms with E-state index in [-0.39, 0.29) is 0 Å². The molecule has 0 saturated heterocycles. The summed E-state index contributed by atoms with van der Waals surface area (Å²) < 4.78 is 12.9. The maximum atomic E-state index is 8.10. The molecule has 0 amide bonds. The van der Waals surface area contributed by atoms with Gasteiger partial charge in [-0.2, -0.15) is 0 Å². The fourth-order valence-corrected chi connectivity index (χ4v) is 7.92. The summed E-state index contributed by atoms with van der Waals surface area (Å²) in [6, 6.07) is 53.4. The van der Waals surface area contributed by atoms with Crippen molar-refractivity contribution in [2.24, 2.45) is 0 Å². The van der Waals surface area contributed by atoms with Crippen LogP contribution < -0.4 is 9.80 Å². The van der Waals surface area contributed by atoms with Crippen LogP contribution >= 0.6 is 0 Å². The Balaban J connectivity index is 1.35. The van der Waals surface area contributed by atoms with Gasteiger partial charge in [0.1, 0.15) is 22.3 Å². The summed E-state index contributed by atoms with van der Waals surface area (Å²) in [6.07, 6.45) is 0. The second-order valence-electron chi connectivity index (χ2n) is 12.7. The first kappa shape index (κ1) is 28.7. The Morgan fingerprint density at radius 1 is 0.412 bits per heavy atom. The molecule has 1 aliphatic rings. The molecule has 238 valence electrons. The van der Waals surface area contributed by atoms with E-state index < -0.39 is 5.66 Å². The van der Waals surface area contributed by atoms with E-state index >= 15 is 0 Å². The third-order valence-electron chi connectivity index (χ3n) is 10.0. The van der Waals surface area contributed by atoms with Crippen LogP contribution in [0.1, 0.15) is 11.1 Å². The van der Waals surface area contributed by atoms with E-state index in [2.05, 4.69) is 117 Å². The van der Waals surface area contributed by atoms with E-state index in [1.54, 1.807) is 0 Å². The van der Waals surface area contributed by atoms with Gasteiger partial charge in [0, 0.05) is 56.2 Å². The summed E-state index contributed by atoms with van der Waals surface area (Å²) in [6.45, 7) is 16.2. The van der Waals surface area contributed by atoms with Crippen LogP contribution in [0.15, 0.2) is 167 Å². The summed E-state index contributed by atoms with van der Waals surface area (Å²) in [5.74, 6) is 0. The highest BCUT2D eigenvalue weighted by molar-refractivity contribution is 6.08. The lowest BCUT2D eigenvalue weighted by Crippen LogP contribution is -2.51. The van der Waals surface area contributed by atoms with Crippen molar-refractivity contribution in [1.29, 1.82) is 0 Å². The molecule has 2 aromatic heterocycles. The lowest BCUT2D eigenvalue weighted by molar-refractivity contribution is 0.559. The van der Waals surface area contributed by atoms with Crippen molar-refractivity contribution in [1.82, 2.24) is 0 Å². The normalized spacial score (nSPS) is 13.5. The van der Waals surface area contributed by atoms with Crippen LogP contribution in [0.3, 0.4) is 0 Å². The molecule has 6 nitrogen and oxygen atoms in total. The minimum absolute atomic E-state index is 0.295. The number of rotatable bonds is 4. The summed E-state index contributed by atoms with van der Waals surface area (Å²) in [7, 11) is 0. The molecule has 10 rings (SSSR count). The minimum atomic E-state index is -1.02. The van der Waals surface area contributed by atoms with E-state index in [4.69, 9.17) is 22.0 Å². The van der Waals surface area contributed by atoms with E-state index in [9.17, 15) is 0 Å². The first-order valence-corrected chi connectivity index (χ1v) is 16.7. The first-order valence-electron chi connectivity index (χ1n) is 16.7. The summed E-state index contributed by atoms with van der Waals surface area (Å²) in [5.41, 5.74) is 8.04. The standard InChI is InChI=1S/C45H26N4O2/c1-46-37-27-39-40(28-38(37)47-2)49(32-22-24-36-34-18-10-12-20-42(34)51-44(36)26-32)45(29-13-5-3-6-14-29,30-15-7-4-8-16-30)48(39)31-21-23-35-33-17-9-11-19-41(33)50-43(35)25-31/h3-28H. The van der Waals surface area contributed by atoms with Gasteiger partial charge in [0.25, 0.3) is 0 Å². The molecule has 51 heavy (non-hydrogen) atoms. The Hall–Kier alpha value is -7.28. The smallest absolute Gasteiger partial charge is 0.196 e. The molecule has 1 aliphatic heterocycles. The van der Waals surface area contributed by atoms with Crippen molar-refractivity contribution in [3.63, 3.8) is 0 Å². The Bertz CT molecular complexity index is 2710. The molecule has 3 heterocycles. The van der Waals surface area contributed by atoms with Crippen molar-refractivity contribution in [2.75, 3.05) is 9.80 Å². The zero-order chi connectivity index (χ0) is 34.1. The monoisotopic (exact) mass is 654 g/mol. The molecule has 0 spiro atoms. The molecular formula is C45H26N4O2. The van der Waals surface area contributed by atoms with Gasteiger partial charge in [-0.3, -0.25) is 9.69 Å². The molecule has 6 heteroatoms. The van der Waals surface area contributed by atoms with E-state index in [1.807, 2.05) is 60.7 Å². The highest BCUT2D eigenvalue weighted by Crippen LogP contribution is 2.62. The second-order valence-corrected chi connectivity index (χ2v) is 12.7. The van der Waals surface area contributed by atoms with Crippen molar-refractivity contribution in [3.05, 3.63) is 192 Å². The quantitative estimate of drug-likeness (QED) is 0.177. The van der Waals surface area contributed by atoms with Gasteiger partial charge in [-0.15, -0.1) is 0 Å². The Morgan fingerprint density at radius 2 is 0.804 bits per heavy atom. The van der Waals surface area contributed by atoms with Gasteiger partial charge in [-0.25, -0.2) is 0 Å². The molecule has 7 aromatic carbocycles. The minimum Gasteiger partial charge on any atom is -0.456 e. The number of benzene rings is 7. The molecule has 0 fully saturated rings. The van der Waals surface area contributed by atoms with Crippen molar-refractivity contribution in [2.45, 2.75) is 5.66 Å². The van der Waals surface area contributed by atoms with E-state index in [0.717, 1.165) is 77.8 Å². The Morgan fingerprint density at radius 3 is 1.24 bits per heavy atom. The van der Waals surface area contributed by atoms with Gasteiger partial charge < -0.3 is 18.6 Å². The molecular weight excluding hydrogens is 629 g/mol. The Kier molecular flexibility index (Phi) is 6.12. The lowest BCUT2D eigenvalue weighted by atomic mass is 9.87. The third kappa shape index (κ3) is 4.02. The SMILES string of the molecule is [C-]#[N+]c1cc2c(cc1[N+]#[C-])N(c1ccc3c(c1)oc1ccccc13)C(c1ccccc1)(c1ccccc1)N2c1ccc2c(c1)oc1ccccc12. The van der Waals surface area contributed by atoms with E-state index in [1.165, 1.54) is 0 Å². The molecule has 0 aliphatic carbocycles. The number of nitrogens with zero attached hydrogens (tertiary/aromatic N) is 4. The number of anilines is 4. The molecule has 0 radical (unpaired) electrons. The van der Waals surface area contributed by atoms with Crippen LogP contribution in [0.5, 0.6) is 0 Å². The first-order chi connectivity index (χ1) is 25.2. The molecule has 0 saturated carbocycles. The molecule has 0 unspecified atom stereocenters. The average molecular weight is 655 g/mol. The zero-order valence-electron chi connectivity index (χ0n) is 27.1.